The Bertz CT molecular complexity index is 1070. The van der Waals surface area contributed by atoms with Gasteiger partial charge in [-0.05, 0) is 31.2 Å². The zero-order chi connectivity index (χ0) is 24.5. The summed E-state index contributed by atoms with van der Waals surface area (Å²) in [6.45, 7) is 5.28. The van der Waals surface area contributed by atoms with Crippen LogP contribution in [-0.4, -0.2) is 54.6 Å². The fourth-order valence-electron chi connectivity index (χ4n) is 2.68. The summed E-state index contributed by atoms with van der Waals surface area (Å²) in [6.07, 6.45) is 0. The molecule has 0 amide bonds. The highest BCUT2D eigenvalue weighted by Gasteiger charge is 2.11. The van der Waals surface area contributed by atoms with Crippen LogP contribution in [0.3, 0.4) is 0 Å². The zero-order valence-corrected chi connectivity index (χ0v) is 20.7. The van der Waals surface area contributed by atoms with Crippen LogP contribution >= 0.6 is 19.4 Å². The average molecular weight is 493 g/mol. The fraction of sp³-hybridized carbons (Fsp3) is 0.333. The summed E-state index contributed by atoms with van der Waals surface area (Å²) in [5.74, 6) is 0.686. The number of benzene rings is 2. The minimum Gasteiger partial charge on any atom is -0.822 e. The van der Waals surface area contributed by atoms with Crippen molar-refractivity contribution in [2.45, 2.75) is 6.92 Å². The maximum atomic E-state index is 8.55. The summed E-state index contributed by atoms with van der Waals surface area (Å²) >= 11 is 1.25. The predicted octanol–water partition coefficient (Wildman–Crippen LogP) is 2.55. The first-order chi connectivity index (χ1) is 15.4. The monoisotopic (exact) mass is 492 g/mol. The average Bonchev–Trinajstić information content (AvgIpc) is 3.21. The van der Waals surface area contributed by atoms with Gasteiger partial charge in [-0.3, -0.25) is 0 Å². The van der Waals surface area contributed by atoms with E-state index in [1.807, 2.05) is 42.5 Å². The van der Waals surface area contributed by atoms with Crippen molar-refractivity contribution in [2.24, 2.45) is 10.2 Å². The topological polar surface area (TPSA) is 140 Å². The smallest absolute Gasteiger partial charge is 0.822 e. The van der Waals surface area contributed by atoms with Gasteiger partial charge in [0.15, 0.2) is 5.82 Å². The number of quaternary nitrogens is 1. The molecule has 2 aromatic carbocycles. The van der Waals surface area contributed by atoms with E-state index in [9.17, 15) is 0 Å². The van der Waals surface area contributed by atoms with Crippen LogP contribution in [0, 0.1) is 0 Å². The van der Waals surface area contributed by atoms with Crippen molar-refractivity contribution in [3.63, 3.8) is 0 Å². The molecule has 0 aliphatic heterocycles. The molecule has 0 fully saturated rings. The molecule has 0 N–H and O–H groups in total. The molecule has 3 rings (SSSR count). The Labute approximate surface area is 200 Å². The molecule has 0 unspecified atom stereocenters. The maximum Gasteiger partial charge on any atom is 1.00 e. The molecule has 0 aliphatic carbocycles. The maximum absolute atomic E-state index is 8.55. The lowest BCUT2D eigenvalue weighted by molar-refractivity contribution is -0.868. The number of nitrogens with zero attached hydrogens (tertiary/aromatic N) is 6. The third kappa shape index (κ3) is 10.8. The standard InChI is InChI=1S/C21H27N6S.H3O4P/c1-5-26(15-16-27(2,3)4)19-13-11-18(12-14-19)23-24-21-22-20(25-28-21)17-9-7-6-8-10-17;1-5(2,3)4/h6-14H,5,15-16H2,1-4H3;(H3,1,2,3,4)/q+1;/p-1. The lowest BCUT2D eigenvalue weighted by Gasteiger charge is -2.36. The molecule has 1 heterocycles. The van der Waals surface area contributed by atoms with Gasteiger partial charge in [0.1, 0.15) is 0 Å². The zero-order valence-electron chi connectivity index (χ0n) is 21.0. The third-order valence-electron chi connectivity index (χ3n) is 4.34. The van der Waals surface area contributed by atoms with Crippen LogP contribution in [0.5, 0.6) is 0 Å². The molecule has 12 heteroatoms. The number of hydrogen-bond acceptors (Lipinski definition) is 10. The second kappa shape index (κ2) is 12.1. The molecule has 33 heavy (non-hydrogen) atoms. The van der Waals surface area contributed by atoms with Crippen molar-refractivity contribution >= 4 is 35.9 Å². The van der Waals surface area contributed by atoms with Crippen LogP contribution in [0.2, 0.25) is 0 Å². The molecular weight excluding hydrogens is 463 g/mol. The van der Waals surface area contributed by atoms with Crippen molar-refractivity contribution in [1.29, 1.82) is 0 Å². The van der Waals surface area contributed by atoms with Crippen molar-refractivity contribution in [3.05, 3.63) is 54.6 Å². The quantitative estimate of drug-likeness (QED) is 0.267. The van der Waals surface area contributed by atoms with Crippen molar-refractivity contribution < 1.29 is 26.6 Å². The van der Waals surface area contributed by atoms with Gasteiger partial charge in [-0.25, -0.2) is 0 Å². The lowest BCUT2D eigenvalue weighted by Crippen LogP contribution is -2.42. The molecule has 0 aliphatic rings. The summed E-state index contributed by atoms with van der Waals surface area (Å²) in [4.78, 5) is 32.5. The molecule has 10 nitrogen and oxygen atoms in total. The fourth-order valence-corrected chi connectivity index (χ4v) is 3.20. The van der Waals surface area contributed by atoms with Crippen LogP contribution in [0.1, 0.15) is 9.78 Å². The molecule has 0 saturated carbocycles. The van der Waals surface area contributed by atoms with Gasteiger partial charge in [-0.15, -0.1) is 10.2 Å². The molecule has 178 valence electrons. The highest BCUT2D eigenvalue weighted by molar-refractivity contribution is 7.40. The van der Waals surface area contributed by atoms with Crippen molar-refractivity contribution in [3.8, 4) is 11.4 Å². The summed E-state index contributed by atoms with van der Waals surface area (Å²) < 4.78 is 13.9. The Morgan fingerprint density at radius 3 is 2.18 bits per heavy atom. The minimum atomic E-state index is -5.39. The van der Waals surface area contributed by atoms with Crippen molar-refractivity contribution in [2.75, 3.05) is 45.7 Å². The first kappa shape index (κ1) is 26.7. The molecular formula is C21H29N6O4PS. The van der Waals surface area contributed by atoms with E-state index in [-0.39, 0.29) is 2.85 Å². The molecule has 0 bridgehead atoms. The first-order valence-corrected chi connectivity index (χ1v) is 12.4. The van der Waals surface area contributed by atoms with Gasteiger partial charge in [-0.1, -0.05) is 30.3 Å². The highest BCUT2D eigenvalue weighted by Crippen LogP contribution is 2.26. The van der Waals surface area contributed by atoms with E-state index in [1.54, 1.807) is 0 Å². The van der Waals surface area contributed by atoms with Gasteiger partial charge in [0, 0.05) is 29.3 Å². The third-order valence-corrected chi connectivity index (χ3v) is 4.94. The summed E-state index contributed by atoms with van der Waals surface area (Å²) in [7, 11) is 1.26. The Kier molecular flexibility index (Phi) is 9.78. The van der Waals surface area contributed by atoms with E-state index in [0.29, 0.717) is 11.0 Å². The van der Waals surface area contributed by atoms with Crippen LogP contribution in [0.4, 0.5) is 16.5 Å². The Morgan fingerprint density at radius 2 is 1.64 bits per heavy atom. The molecule has 0 atom stereocenters. The van der Waals surface area contributed by atoms with Crippen molar-refractivity contribution in [1.82, 2.24) is 9.36 Å². The van der Waals surface area contributed by atoms with Crippen LogP contribution in [0.25, 0.3) is 11.4 Å². The predicted molar refractivity (Wildman–Crippen MR) is 127 cm³/mol. The van der Waals surface area contributed by atoms with Gasteiger partial charge in [0.05, 0.1) is 39.9 Å². The Hall–Kier alpha value is -2.53. The second-order valence-corrected chi connectivity index (χ2v) is 9.65. The van der Waals surface area contributed by atoms with Gasteiger partial charge in [0.25, 0.3) is 0 Å². The van der Waals surface area contributed by atoms with Crippen LogP contribution < -0.4 is 19.6 Å². The SMILES string of the molecule is CCN(CC[N+](C)(C)C)c1ccc(N=Nc2nc(-c3ccccc3)ns2)cc1.O=P([O-])([O-])[O-].[H+].[H+]. The van der Waals surface area contributed by atoms with Gasteiger partial charge >= 0.3 is 2.85 Å². The van der Waals surface area contributed by atoms with E-state index in [4.69, 9.17) is 19.2 Å². The molecule has 0 radical (unpaired) electrons. The summed E-state index contributed by atoms with van der Waals surface area (Å²) in [5, 5.41) is 9.10. The number of likely N-dealkylation sites (N-methyl/N-ethyl adjacent to an activating group) is 2. The number of phosphoric acid groups is 1. The Morgan fingerprint density at radius 1 is 1.03 bits per heavy atom. The van der Waals surface area contributed by atoms with E-state index in [1.165, 1.54) is 17.2 Å². The number of hydrogen-bond donors (Lipinski definition) is 0. The Balaban J connectivity index is 0.00000150. The van der Waals surface area contributed by atoms with E-state index in [2.05, 4.69) is 64.7 Å². The normalized spacial score (nSPS) is 11.8. The number of rotatable bonds is 8. The second-order valence-electron chi connectivity index (χ2n) is 8.02. The van der Waals surface area contributed by atoms with Crippen LogP contribution in [-0.2, 0) is 4.57 Å². The highest BCUT2D eigenvalue weighted by atomic mass is 32.1. The molecule has 3 aromatic rings. The first-order valence-electron chi connectivity index (χ1n) is 10.1. The number of aromatic nitrogens is 2. The lowest BCUT2D eigenvalue weighted by atomic mass is 10.2. The molecule has 1 aromatic heterocycles. The molecule has 0 saturated heterocycles. The van der Waals surface area contributed by atoms with E-state index >= 15 is 0 Å². The van der Waals surface area contributed by atoms with Gasteiger partial charge in [-0.2, -0.15) is 17.2 Å². The van der Waals surface area contributed by atoms with Gasteiger partial charge in [0.2, 0.25) is 5.13 Å². The van der Waals surface area contributed by atoms with E-state index < -0.39 is 7.82 Å². The van der Waals surface area contributed by atoms with E-state index in [0.717, 1.165) is 35.4 Å². The minimum absolute atomic E-state index is 0. The number of anilines is 1. The van der Waals surface area contributed by atoms with Crippen LogP contribution in [0.15, 0.2) is 64.8 Å². The number of azo groups is 1. The van der Waals surface area contributed by atoms with Gasteiger partial charge < -0.3 is 28.6 Å². The molecule has 0 spiro atoms. The largest absolute Gasteiger partial charge is 1.00 e. The summed E-state index contributed by atoms with van der Waals surface area (Å²) in [6, 6.07) is 18.1. The summed E-state index contributed by atoms with van der Waals surface area (Å²) in [5.41, 5.74) is 3.00.